The van der Waals surface area contributed by atoms with Gasteiger partial charge in [-0.05, 0) is 34.0 Å². The summed E-state index contributed by atoms with van der Waals surface area (Å²) in [6, 6.07) is -0.173. The van der Waals surface area contributed by atoms with Crippen molar-refractivity contribution in [2.75, 3.05) is 0 Å². The monoisotopic (exact) mass is 279 g/mol. The number of hydrogen-bond acceptors (Lipinski definition) is 1. The lowest BCUT2D eigenvalue weighted by atomic mass is 9.96. The van der Waals surface area contributed by atoms with Crippen molar-refractivity contribution in [2.24, 2.45) is 0 Å². The van der Waals surface area contributed by atoms with Crippen LogP contribution in [0.25, 0.3) is 26.7 Å². The number of benzene rings is 3. The van der Waals surface area contributed by atoms with Gasteiger partial charge in [0.25, 0.3) is 0 Å². The Kier molecular flexibility index (Phi) is 1.70. The van der Waals surface area contributed by atoms with E-state index in [-0.39, 0.29) is 21.9 Å². The first-order valence-corrected chi connectivity index (χ1v) is 5.76. The summed E-state index contributed by atoms with van der Waals surface area (Å²) in [5.74, 6) is -1.04. The first-order valence-electron chi connectivity index (χ1n) is 9.26. The van der Waals surface area contributed by atoms with Crippen LogP contribution < -0.4 is 0 Å². The van der Waals surface area contributed by atoms with Crippen LogP contribution in [0, 0.1) is 23.7 Å². The van der Waals surface area contributed by atoms with Crippen molar-refractivity contribution in [3.05, 3.63) is 77.2 Å². The minimum Gasteiger partial charge on any atom is -0.235 e. The predicted molar refractivity (Wildman–Crippen MR) is 80.3 cm³/mol. The van der Waals surface area contributed by atoms with Gasteiger partial charge >= 0.3 is 0 Å². The van der Waals surface area contributed by atoms with Crippen LogP contribution in [0.15, 0.2) is 54.4 Å². The molecule has 3 rings (SSSR count). The van der Waals surface area contributed by atoms with Gasteiger partial charge in [-0.2, -0.15) is 5.26 Å². The molecule has 0 radical (unpaired) electrons. The van der Waals surface area contributed by atoms with E-state index >= 15 is 0 Å². The Morgan fingerprint density at radius 2 is 1.90 bits per heavy atom. The van der Waals surface area contributed by atoms with Gasteiger partial charge in [-0.25, -0.2) is 9.24 Å². The lowest BCUT2D eigenvalue weighted by Gasteiger charge is -2.08. The van der Waals surface area contributed by atoms with Gasteiger partial charge in [0, 0.05) is 0 Å². The maximum atomic E-state index is 14.1. The summed E-state index contributed by atoms with van der Waals surface area (Å²) in [6.45, 7) is 7.09. The molecule has 0 amide bonds. The molecule has 0 atom stereocenters. The molecular formula is C18H9FN2. The number of hydrogen-bond donors (Lipinski definition) is 0. The number of nitriles is 1. The molecule has 0 aliphatic carbocycles. The van der Waals surface area contributed by atoms with Crippen molar-refractivity contribution >= 4 is 16.5 Å². The average molecular weight is 279 g/mol. The van der Waals surface area contributed by atoms with E-state index in [0.29, 0.717) is 0 Å². The summed E-state index contributed by atoms with van der Waals surface area (Å²) in [7, 11) is 0. The standard InChI is InChI=1S/C18H9FN2/c1-21-17-10-13(9-14(11-20)18(17)19)16-8-4-6-12-5-2-3-7-15(12)16/h2-10H/i2D,3D,4D,5D,6D,7D,8D. The van der Waals surface area contributed by atoms with Crippen molar-refractivity contribution in [3.8, 4) is 17.2 Å². The molecule has 2 nitrogen and oxygen atoms in total. The van der Waals surface area contributed by atoms with Crippen LogP contribution >= 0.6 is 0 Å². The number of halogens is 1. The fraction of sp³-hybridized carbons (Fsp3) is 0. The third-order valence-corrected chi connectivity index (χ3v) is 2.90. The van der Waals surface area contributed by atoms with Crippen molar-refractivity contribution in [1.29, 1.82) is 5.26 Å². The lowest BCUT2D eigenvalue weighted by Crippen LogP contribution is -1.88. The molecule has 0 N–H and O–H groups in total. The Hall–Kier alpha value is -3.17. The number of nitrogens with zero attached hydrogens (tertiary/aromatic N) is 2. The Balaban J connectivity index is 2.65. The second kappa shape index (κ2) is 5.07. The zero-order valence-corrected chi connectivity index (χ0v) is 10.4. The summed E-state index contributed by atoms with van der Waals surface area (Å²) in [5.41, 5.74) is -1.15. The van der Waals surface area contributed by atoms with Gasteiger partial charge in [-0.1, -0.05) is 42.3 Å². The third-order valence-electron chi connectivity index (χ3n) is 2.90. The zero-order valence-electron chi connectivity index (χ0n) is 17.4. The van der Waals surface area contributed by atoms with Crippen molar-refractivity contribution in [3.63, 3.8) is 0 Å². The van der Waals surface area contributed by atoms with Gasteiger partial charge in [0.2, 0.25) is 5.69 Å². The van der Waals surface area contributed by atoms with Gasteiger partial charge in [0.1, 0.15) is 11.9 Å². The molecule has 3 heteroatoms. The maximum absolute atomic E-state index is 14.1. The molecule has 3 aromatic rings. The highest BCUT2D eigenvalue weighted by molar-refractivity contribution is 5.97. The van der Waals surface area contributed by atoms with Gasteiger partial charge in [-0.3, -0.25) is 0 Å². The third kappa shape index (κ3) is 2.12. The lowest BCUT2D eigenvalue weighted by molar-refractivity contribution is 0.630. The van der Waals surface area contributed by atoms with Crippen molar-refractivity contribution < 1.29 is 14.0 Å². The van der Waals surface area contributed by atoms with Crippen molar-refractivity contribution in [2.45, 2.75) is 0 Å². The molecule has 0 unspecified atom stereocenters. The minimum atomic E-state index is -1.04. The predicted octanol–water partition coefficient (Wildman–Crippen LogP) is 5.07. The summed E-state index contributed by atoms with van der Waals surface area (Å²) in [4.78, 5) is 3.01. The van der Waals surface area contributed by atoms with E-state index in [1.165, 1.54) is 0 Å². The molecule has 0 aliphatic rings. The molecule has 0 aliphatic heterocycles. The molecule has 0 fully saturated rings. The van der Waals surface area contributed by atoms with Gasteiger partial charge in [0.15, 0.2) is 0 Å². The first-order chi connectivity index (χ1) is 13.1. The molecule has 0 saturated heterocycles. The number of fused-ring (bicyclic) bond motifs is 1. The van der Waals surface area contributed by atoms with Gasteiger partial charge in [0.05, 0.1) is 21.7 Å². The van der Waals surface area contributed by atoms with Crippen LogP contribution in [0.4, 0.5) is 10.1 Å². The molecular weight excluding hydrogens is 263 g/mol. The Morgan fingerprint density at radius 1 is 1.14 bits per heavy atom. The molecule has 0 heterocycles. The normalized spacial score (nSPS) is 14.7. The van der Waals surface area contributed by atoms with E-state index in [1.54, 1.807) is 6.07 Å². The highest BCUT2D eigenvalue weighted by Crippen LogP contribution is 2.33. The summed E-state index contributed by atoms with van der Waals surface area (Å²) < 4.78 is 70.4. The van der Waals surface area contributed by atoms with E-state index in [9.17, 15) is 4.39 Å². The Morgan fingerprint density at radius 3 is 2.67 bits per heavy atom. The highest BCUT2D eigenvalue weighted by atomic mass is 19.1. The Labute approximate surface area is 131 Å². The van der Waals surface area contributed by atoms with Crippen molar-refractivity contribution in [1.82, 2.24) is 0 Å². The van der Waals surface area contributed by atoms with Crippen LogP contribution in [-0.4, -0.2) is 0 Å². The van der Waals surface area contributed by atoms with Gasteiger partial charge < -0.3 is 0 Å². The SMILES string of the molecule is [2H]c1c([2H])c([2H])c2c(-c3cc(C#N)c(F)c([N+]#[C-])c3)c([2H])c([2H])c([2H])c2c1[2H]. The number of rotatable bonds is 1. The van der Waals surface area contributed by atoms with E-state index in [0.717, 1.165) is 12.1 Å². The smallest absolute Gasteiger partial charge is 0.224 e. The molecule has 0 bridgehead atoms. The maximum Gasteiger partial charge on any atom is 0.224 e. The van der Waals surface area contributed by atoms with E-state index in [2.05, 4.69) is 4.85 Å². The molecule has 0 spiro atoms. The molecule has 0 aromatic heterocycles. The Bertz CT molecular complexity index is 1230. The van der Waals surface area contributed by atoms with Crippen LogP contribution in [0.1, 0.15) is 15.2 Å². The molecule has 21 heavy (non-hydrogen) atoms. The fourth-order valence-corrected chi connectivity index (χ4v) is 1.95. The second-order valence-electron chi connectivity index (χ2n) is 4.08. The quantitative estimate of drug-likeness (QED) is 0.572. The van der Waals surface area contributed by atoms with E-state index < -0.39 is 59.4 Å². The summed E-state index contributed by atoms with van der Waals surface area (Å²) in [5, 5.41) is 8.69. The van der Waals surface area contributed by atoms with Crippen LogP contribution in [-0.2, 0) is 0 Å². The molecule has 0 saturated carbocycles. The van der Waals surface area contributed by atoms with Crippen LogP contribution in [0.2, 0.25) is 0 Å². The zero-order chi connectivity index (χ0) is 20.9. The second-order valence-corrected chi connectivity index (χ2v) is 4.08. The first kappa shape index (κ1) is 7.02. The van der Waals surface area contributed by atoms with E-state index in [1.807, 2.05) is 0 Å². The summed E-state index contributed by atoms with van der Waals surface area (Å²) in [6.07, 6.45) is 0. The van der Waals surface area contributed by atoms with Crippen LogP contribution in [0.5, 0.6) is 0 Å². The highest BCUT2D eigenvalue weighted by Gasteiger charge is 2.13. The topological polar surface area (TPSA) is 28.1 Å². The van der Waals surface area contributed by atoms with Crippen LogP contribution in [0.3, 0.4) is 0 Å². The molecule has 98 valence electrons. The average Bonchev–Trinajstić information content (AvgIpc) is 2.69. The molecule has 3 aromatic carbocycles. The fourth-order valence-electron chi connectivity index (χ4n) is 1.95. The summed E-state index contributed by atoms with van der Waals surface area (Å²) >= 11 is 0. The largest absolute Gasteiger partial charge is 0.235 e. The van der Waals surface area contributed by atoms with E-state index in [4.69, 9.17) is 21.4 Å². The van der Waals surface area contributed by atoms with Gasteiger partial charge in [-0.15, -0.1) is 0 Å². The minimum absolute atomic E-state index is 0.0162.